The van der Waals surface area contributed by atoms with Gasteiger partial charge in [-0.1, -0.05) is 29.2 Å². The van der Waals surface area contributed by atoms with Crippen LogP contribution < -0.4 is 20.6 Å². The molecule has 0 bridgehead atoms. The summed E-state index contributed by atoms with van der Waals surface area (Å²) >= 11 is 8.02. The number of nitrogens with zero attached hydrogens (tertiary/aromatic N) is 2. The molecule has 0 saturated carbocycles. The number of ether oxygens (including phenoxy) is 2. The van der Waals surface area contributed by atoms with Crippen LogP contribution in [0.3, 0.4) is 0 Å². The number of nitrogens with two attached hydrogens (primary N) is 1. The zero-order chi connectivity index (χ0) is 19.8. The summed E-state index contributed by atoms with van der Waals surface area (Å²) in [5.41, 5.74) is 8.84. The molecule has 0 aliphatic heterocycles. The molecule has 0 aliphatic carbocycles. The minimum absolute atomic E-state index is 0.319. The van der Waals surface area contributed by atoms with E-state index < -0.39 is 5.03 Å². The van der Waals surface area contributed by atoms with Gasteiger partial charge in [0.1, 0.15) is 6.61 Å². The summed E-state index contributed by atoms with van der Waals surface area (Å²) in [6, 6.07) is 11.0. The molecule has 0 aliphatic rings. The van der Waals surface area contributed by atoms with Gasteiger partial charge in [0.15, 0.2) is 16.5 Å². The maximum absolute atomic E-state index is 10.3. The molecule has 142 valence electrons. The summed E-state index contributed by atoms with van der Waals surface area (Å²) in [5, 5.41) is 10.1. The van der Waals surface area contributed by atoms with Crippen LogP contribution in [0, 0.1) is 13.7 Å². The van der Waals surface area contributed by atoms with Crippen molar-refractivity contribution >= 4 is 46.2 Å². The predicted molar refractivity (Wildman–Crippen MR) is 112 cm³/mol. The third-order valence-electron chi connectivity index (χ3n) is 3.23. The van der Waals surface area contributed by atoms with E-state index in [9.17, 15) is 10.1 Å². The smallest absolute Gasteiger partial charge is 0.256 e. The zero-order valence-corrected chi connectivity index (χ0v) is 17.1. The second kappa shape index (κ2) is 9.97. The summed E-state index contributed by atoms with van der Waals surface area (Å²) < 4.78 is 12.1. The van der Waals surface area contributed by atoms with Gasteiger partial charge in [-0.25, -0.2) is 15.1 Å². The Labute approximate surface area is 174 Å². The fourth-order valence-electron chi connectivity index (χ4n) is 2.04. The van der Waals surface area contributed by atoms with Crippen LogP contribution in [0.25, 0.3) is 6.08 Å². The quantitative estimate of drug-likeness (QED) is 0.197. The first kappa shape index (κ1) is 20.8. The van der Waals surface area contributed by atoms with Gasteiger partial charge in [-0.05, 0) is 64.1 Å². The van der Waals surface area contributed by atoms with E-state index in [1.54, 1.807) is 36.8 Å². The monoisotopic (exact) mass is 502 g/mol. The Morgan fingerprint density at radius 2 is 2.11 bits per heavy atom. The van der Waals surface area contributed by atoms with E-state index in [2.05, 4.69) is 27.6 Å². The predicted octanol–water partition coefficient (Wildman–Crippen LogP) is 3.60. The fourth-order valence-corrected chi connectivity index (χ4v) is 2.95. The number of hydrazine groups is 1. The van der Waals surface area contributed by atoms with Gasteiger partial charge in [0.05, 0.1) is 10.7 Å². The van der Waals surface area contributed by atoms with Gasteiger partial charge in [0.2, 0.25) is 0 Å². The molecule has 0 radical (unpaired) electrons. The van der Waals surface area contributed by atoms with Crippen molar-refractivity contribution in [3.63, 3.8) is 0 Å². The van der Waals surface area contributed by atoms with E-state index >= 15 is 0 Å². The van der Waals surface area contributed by atoms with Crippen molar-refractivity contribution in [1.82, 2.24) is 5.43 Å². The van der Waals surface area contributed by atoms with Crippen LogP contribution >= 0.6 is 34.2 Å². The normalized spacial score (nSPS) is 11.4. The number of guanidine groups is 1. The summed E-state index contributed by atoms with van der Waals surface area (Å²) in [6.07, 6.45) is 2.99. The van der Waals surface area contributed by atoms with E-state index in [4.69, 9.17) is 26.8 Å². The van der Waals surface area contributed by atoms with Gasteiger partial charge in [-0.3, -0.25) is 0 Å². The lowest BCUT2D eigenvalue weighted by atomic mass is 10.2. The van der Waals surface area contributed by atoms with Crippen molar-refractivity contribution in [3.8, 4) is 11.5 Å². The summed E-state index contributed by atoms with van der Waals surface area (Å²) in [7, 11) is 1.55. The van der Waals surface area contributed by atoms with Gasteiger partial charge >= 0.3 is 0 Å². The van der Waals surface area contributed by atoms with E-state index in [0.717, 1.165) is 14.7 Å². The summed E-state index contributed by atoms with van der Waals surface area (Å²) in [5.74, 6) is 0.847. The van der Waals surface area contributed by atoms with Crippen molar-refractivity contribution in [3.05, 3.63) is 72.4 Å². The first-order valence-electron chi connectivity index (χ1n) is 7.54. The van der Waals surface area contributed by atoms with Crippen LogP contribution in [-0.4, -0.2) is 18.1 Å². The molecule has 0 spiro atoms. The second-order valence-electron chi connectivity index (χ2n) is 5.15. The van der Waals surface area contributed by atoms with Gasteiger partial charge in [0.25, 0.3) is 5.96 Å². The Bertz CT molecular complexity index is 872. The highest BCUT2D eigenvalue weighted by Gasteiger charge is 2.11. The van der Waals surface area contributed by atoms with Gasteiger partial charge in [-0.2, -0.15) is 0 Å². The fraction of sp³-hybridized carbons (Fsp3) is 0.118. The molecule has 3 N–H and O–H groups in total. The molecule has 2 aromatic rings. The van der Waals surface area contributed by atoms with Crippen LogP contribution in [0.2, 0.25) is 5.02 Å². The number of nitrogens with one attached hydrogen (secondary N) is 1. The molecule has 0 amide bonds. The summed E-state index contributed by atoms with van der Waals surface area (Å²) in [6.45, 7) is 0.367. The highest BCUT2D eigenvalue weighted by atomic mass is 127. The van der Waals surface area contributed by atoms with Gasteiger partial charge in [-0.15, -0.1) is 0 Å². The number of hydrogen-bond donors (Lipinski definition) is 2. The Balaban J connectivity index is 2.14. The van der Waals surface area contributed by atoms with Crippen LogP contribution in [0.15, 0.2) is 47.6 Å². The first-order chi connectivity index (χ1) is 12.9. The number of methoxy groups -OCH3 is 1. The molecule has 2 rings (SSSR count). The van der Waals surface area contributed by atoms with Crippen molar-refractivity contribution in [2.75, 3.05) is 7.11 Å². The molecule has 27 heavy (non-hydrogen) atoms. The number of aliphatic imine (C=N–C) groups is 1. The maximum Gasteiger partial charge on any atom is 0.256 e. The Morgan fingerprint density at radius 3 is 2.74 bits per heavy atom. The highest BCUT2D eigenvalue weighted by molar-refractivity contribution is 14.1. The number of halogens is 2. The van der Waals surface area contributed by atoms with Crippen molar-refractivity contribution < 1.29 is 14.5 Å². The molecular weight excluding hydrogens is 487 g/mol. The first-order valence-corrected chi connectivity index (χ1v) is 9.00. The Morgan fingerprint density at radius 1 is 1.41 bits per heavy atom. The molecule has 0 fully saturated rings. The van der Waals surface area contributed by atoms with Crippen LogP contribution in [0.5, 0.6) is 11.5 Å². The highest BCUT2D eigenvalue weighted by Crippen LogP contribution is 2.35. The SMILES string of the molecule is COc1cc(C=CN=C(N)N[N+](=O)[O-])cc(I)c1OCc1ccc(Cl)cc1. The lowest BCUT2D eigenvalue weighted by molar-refractivity contribution is -0.525. The molecule has 0 unspecified atom stereocenters. The molecule has 0 saturated heterocycles. The minimum Gasteiger partial charge on any atom is -0.493 e. The van der Waals surface area contributed by atoms with Crippen molar-refractivity contribution in [2.24, 2.45) is 10.7 Å². The van der Waals surface area contributed by atoms with Crippen LogP contribution in [0.1, 0.15) is 11.1 Å². The summed E-state index contributed by atoms with van der Waals surface area (Å²) in [4.78, 5) is 14.0. The standard InChI is InChI=1S/C17H16ClIN4O4/c1-26-15-9-12(6-7-21-17(20)22-23(24)25)8-14(19)16(15)27-10-11-2-4-13(18)5-3-11/h2-9H,10H2,1H3,(H3,20,21,22). The number of rotatable bonds is 7. The zero-order valence-electron chi connectivity index (χ0n) is 14.2. The van der Waals surface area contributed by atoms with Crippen LogP contribution in [-0.2, 0) is 6.61 Å². The number of hydrogen-bond acceptors (Lipinski definition) is 5. The van der Waals surface area contributed by atoms with Gasteiger partial charge < -0.3 is 15.2 Å². The van der Waals surface area contributed by atoms with E-state index in [-0.39, 0.29) is 5.96 Å². The number of benzene rings is 2. The molecule has 0 atom stereocenters. The third kappa shape index (κ3) is 6.61. The molecule has 0 heterocycles. The Kier molecular flexibility index (Phi) is 7.67. The largest absolute Gasteiger partial charge is 0.493 e. The lowest BCUT2D eigenvalue weighted by Crippen LogP contribution is -2.35. The molecule has 0 aromatic heterocycles. The minimum atomic E-state index is -0.786. The van der Waals surface area contributed by atoms with Gasteiger partial charge in [0, 0.05) is 11.2 Å². The second-order valence-corrected chi connectivity index (χ2v) is 6.75. The van der Waals surface area contributed by atoms with E-state index in [1.807, 2.05) is 18.2 Å². The van der Waals surface area contributed by atoms with Crippen molar-refractivity contribution in [2.45, 2.75) is 6.61 Å². The van der Waals surface area contributed by atoms with E-state index in [0.29, 0.717) is 23.1 Å². The molecule has 10 heteroatoms. The average molecular weight is 503 g/mol. The lowest BCUT2D eigenvalue weighted by Gasteiger charge is -2.13. The molecule has 2 aromatic carbocycles. The maximum atomic E-state index is 10.3. The Hall–Kier alpha value is -2.53. The average Bonchev–Trinajstić information content (AvgIpc) is 2.61. The van der Waals surface area contributed by atoms with Crippen molar-refractivity contribution in [1.29, 1.82) is 0 Å². The topological polar surface area (TPSA) is 112 Å². The third-order valence-corrected chi connectivity index (χ3v) is 4.29. The van der Waals surface area contributed by atoms with Crippen LogP contribution in [0.4, 0.5) is 0 Å². The molecule has 8 nitrogen and oxygen atoms in total. The van der Waals surface area contributed by atoms with E-state index in [1.165, 1.54) is 6.20 Å². The number of nitro groups is 1. The molecular formula is C17H16ClIN4O4.